The molecule has 0 aliphatic heterocycles. The molecule has 1 rings (SSSR count). The van der Waals surface area contributed by atoms with Crippen molar-refractivity contribution in [2.45, 2.75) is 11.8 Å². The van der Waals surface area contributed by atoms with Gasteiger partial charge in [-0.1, -0.05) is 6.58 Å². The standard InChI is InChI=1S/C10H11N2O3S/c1-4-16(13,14)10-6-9(15-3)8(12-11)5-7(10)2/h4-6H,1H2,2-3H3/q+1. The Bertz CT molecular complexity index is 570. The number of rotatable bonds is 3. The molecule has 0 atom stereocenters. The van der Waals surface area contributed by atoms with Gasteiger partial charge in [0.1, 0.15) is 0 Å². The average Bonchev–Trinajstić information content (AvgIpc) is 2.28. The Morgan fingerprint density at radius 2 is 2.12 bits per heavy atom. The predicted octanol–water partition coefficient (Wildman–Crippen LogP) is 2.41. The van der Waals surface area contributed by atoms with Gasteiger partial charge in [0.2, 0.25) is 11.1 Å². The van der Waals surface area contributed by atoms with Crippen LogP contribution >= 0.6 is 0 Å². The minimum atomic E-state index is -3.53. The van der Waals surface area contributed by atoms with E-state index in [-0.39, 0.29) is 16.3 Å². The Morgan fingerprint density at radius 1 is 1.50 bits per heavy atom. The number of hydrogen-bond acceptors (Lipinski definition) is 4. The van der Waals surface area contributed by atoms with Crippen LogP contribution in [0.2, 0.25) is 0 Å². The quantitative estimate of drug-likeness (QED) is 0.759. The third-order valence-corrected chi connectivity index (χ3v) is 3.60. The monoisotopic (exact) mass is 239 g/mol. The molecule has 0 amide bonds. The molecule has 16 heavy (non-hydrogen) atoms. The third kappa shape index (κ3) is 2.04. The number of aryl methyl sites for hydroxylation is 1. The van der Waals surface area contributed by atoms with E-state index in [0.29, 0.717) is 5.56 Å². The molecule has 84 valence electrons. The van der Waals surface area contributed by atoms with Gasteiger partial charge in [-0.25, -0.2) is 8.42 Å². The summed E-state index contributed by atoms with van der Waals surface area (Å²) >= 11 is 0. The zero-order chi connectivity index (χ0) is 12.3. The van der Waals surface area contributed by atoms with Gasteiger partial charge in [-0.3, -0.25) is 0 Å². The summed E-state index contributed by atoms with van der Waals surface area (Å²) in [6.45, 7) is 4.85. The van der Waals surface area contributed by atoms with Crippen molar-refractivity contribution in [3.05, 3.63) is 34.7 Å². The van der Waals surface area contributed by atoms with Crippen LogP contribution in [0.25, 0.3) is 4.98 Å². The first-order chi connectivity index (χ1) is 7.46. The van der Waals surface area contributed by atoms with Gasteiger partial charge in [0.15, 0.2) is 14.8 Å². The number of diazo groups is 1. The van der Waals surface area contributed by atoms with Crippen LogP contribution in [0.1, 0.15) is 5.56 Å². The van der Waals surface area contributed by atoms with Crippen molar-refractivity contribution in [2.24, 2.45) is 0 Å². The fourth-order valence-electron chi connectivity index (χ4n) is 1.29. The van der Waals surface area contributed by atoms with Gasteiger partial charge in [0.25, 0.3) is 0 Å². The van der Waals surface area contributed by atoms with Gasteiger partial charge < -0.3 is 4.74 Å². The second-order valence-electron chi connectivity index (χ2n) is 3.10. The highest BCUT2D eigenvalue weighted by atomic mass is 32.2. The highest BCUT2D eigenvalue weighted by Crippen LogP contribution is 2.33. The molecule has 1 aromatic carbocycles. The van der Waals surface area contributed by atoms with Crippen molar-refractivity contribution in [1.29, 1.82) is 5.39 Å². The van der Waals surface area contributed by atoms with Gasteiger partial charge in [0.05, 0.1) is 12.0 Å². The SMILES string of the molecule is C=CS(=O)(=O)c1cc(OC)c([N+]#N)cc1C. The first kappa shape index (κ1) is 12.2. The topological polar surface area (TPSA) is 71.5 Å². The fourth-order valence-corrected chi connectivity index (χ4v) is 2.25. The molecule has 0 unspecified atom stereocenters. The number of ether oxygens (including phenoxy) is 1. The van der Waals surface area contributed by atoms with Gasteiger partial charge in [-0.15, -0.1) is 0 Å². The second-order valence-corrected chi connectivity index (χ2v) is 4.96. The largest absolute Gasteiger partial charge is 0.489 e. The van der Waals surface area contributed by atoms with Crippen LogP contribution in [-0.4, -0.2) is 15.5 Å². The minimum Gasteiger partial charge on any atom is -0.489 e. The molecule has 0 heterocycles. The number of benzene rings is 1. The van der Waals surface area contributed by atoms with E-state index in [9.17, 15) is 8.42 Å². The third-order valence-electron chi connectivity index (χ3n) is 2.11. The maximum absolute atomic E-state index is 11.6. The van der Waals surface area contributed by atoms with Crippen LogP contribution in [0, 0.1) is 12.3 Å². The van der Waals surface area contributed by atoms with Crippen molar-refractivity contribution in [1.82, 2.24) is 0 Å². The van der Waals surface area contributed by atoms with Crippen molar-refractivity contribution in [3.8, 4) is 5.75 Å². The van der Waals surface area contributed by atoms with Crippen LogP contribution in [0.5, 0.6) is 5.75 Å². The molecule has 0 bridgehead atoms. The molecule has 0 aromatic heterocycles. The van der Waals surface area contributed by atoms with E-state index >= 15 is 0 Å². The zero-order valence-corrected chi connectivity index (χ0v) is 9.78. The van der Waals surface area contributed by atoms with Gasteiger partial charge in [0, 0.05) is 17.5 Å². The number of nitrogens with zero attached hydrogens (tertiary/aromatic N) is 2. The first-order valence-corrected chi connectivity index (χ1v) is 5.92. The Morgan fingerprint density at radius 3 is 2.56 bits per heavy atom. The van der Waals surface area contributed by atoms with Crippen molar-refractivity contribution in [3.63, 3.8) is 0 Å². The molecule has 0 saturated heterocycles. The molecule has 0 N–H and O–H groups in total. The Labute approximate surface area is 93.9 Å². The predicted molar refractivity (Wildman–Crippen MR) is 59.9 cm³/mol. The summed E-state index contributed by atoms with van der Waals surface area (Å²) in [6.07, 6.45) is 0. The van der Waals surface area contributed by atoms with Crippen LogP contribution in [-0.2, 0) is 9.84 Å². The Balaban J connectivity index is 3.58. The van der Waals surface area contributed by atoms with Gasteiger partial charge in [-0.2, -0.15) is 0 Å². The molecule has 5 nitrogen and oxygen atoms in total. The lowest BCUT2D eigenvalue weighted by atomic mass is 10.2. The van der Waals surface area contributed by atoms with E-state index in [4.69, 9.17) is 10.1 Å². The Kier molecular flexibility index (Phi) is 3.30. The lowest BCUT2D eigenvalue weighted by Gasteiger charge is -2.04. The van der Waals surface area contributed by atoms with Gasteiger partial charge >= 0.3 is 5.69 Å². The van der Waals surface area contributed by atoms with E-state index in [1.165, 1.54) is 19.2 Å². The average molecular weight is 239 g/mol. The van der Waals surface area contributed by atoms with E-state index in [0.717, 1.165) is 5.41 Å². The summed E-state index contributed by atoms with van der Waals surface area (Å²) in [4.78, 5) is 3.10. The normalized spacial score (nSPS) is 10.6. The molecule has 0 radical (unpaired) electrons. The fraction of sp³-hybridized carbons (Fsp3) is 0.200. The minimum absolute atomic E-state index is 0.0896. The summed E-state index contributed by atoms with van der Waals surface area (Å²) in [5.74, 6) is 0.188. The second kappa shape index (κ2) is 4.33. The molecular weight excluding hydrogens is 228 g/mol. The maximum Gasteiger partial charge on any atom is 0.426 e. The lowest BCUT2D eigenvalue weighted by Crippen LogP contribution is -1.99. The van der Waals surface area contributed by atoms with Crippen LogP contribution in [0.15, 0.2) is 29.0 Å². The molecule has 0 fully saturated rings. The molecule has 6 heteroatoms. The number of sulfone groups is 1. The zero-order valence-electron chi connectivity index (χ0n) is 8.97. The molecule has 0 aliphatic carbocycles. The van der Waals surface area contributed by atoms with Crippen LogP contribution in [0.4, 0.5) is 5.69 Å². The van der Waals surface area contributed by atoms with Crippen LogP contribution in [0.3, 0.4) is 0 Å². The first-order valence-electron chi connectivity index (χ1n) is 4.37. The molecule has 0 aliphatic rings. The van der Waals surface area contributed by atoms with E-state index in [2.05, 4.69) is 11.6 Å². The smallest absolute Gasteiger partial charge is 0.426 e. The highest BCUT2D eigenvalue weighted by molar-refractivity contribution is 7.94. The molecule has 0 spiro atoms. The number of hydrogen-bond donors (Lipinski definition) is 0. The maximum atomic E-state index is 11.6. The van der Waals surface area contributed by atoms with E-state index < -0.39 is 9.84 Å². The van der Waals surface area contributed by atoms with Crippen molar-refractivity contribution >= 4 is 15.5 Å². The Hall–Kier alpha value is -1.87. The van der Waals surface area contributed by atoms with E-state index in [1.807, 2.05) is 0 Å². The summed E-state index contributed by atoms with van der Waals surface area (Å²) in [5.41, 5.74) is 0.650. The summed E-state index contributed by atoms with van der Waals surface area (Å²) in [5, 5.41) is 9.57. The van der Waals surface area contributed by atoms with E-state index in [1.54, 1.807) is 6.92 Å². The molecular formula is C10H11N2O3S+. The van der Waals surface area contributed by atoms with Crippen molar-refractivity contribution < 1.29 is 13.2 Å². The molecule has 0 saturated carbocycles. The highest BCUT2D eigenvalue weighted by Gasteiger charge is 2.22. The summed E-state index contributed by atoms with van der Waals surface area (Å²) in [6, 6.07) is 2.73. The van der Waals surface area contributed by atoms with Crippen molar-refractivity contribution in [2.75, 3.05) is 7.11 Å². The molecule has 1 aromatic rings. The van der Waals surface area contributed by atoms with Crippen LogP contribution < -0.4 is 4.74 Å². The lowest BCUT2D eigenvalue weighted by molar-refractivity contribution is 0.416. The van der Waals surface area contributed by atoms with Gasteiger partial charge in [-0.05, 0) is 12.5 Å². The number of methoxy groups -OCH3 is 1. The summed E-state index contributed by atoms with van der Waals surface area (Å²) < 4.78 is 28.2. The summed E-state index contributed by atoms with van der Waals surface area (Å²) in [7, 11) is -2.16.